The van der Waals surface area contributed by atoms with Gasteiger partial charge in [-0.3, -0.25) is 4.79 Å². The van der Waals surface area contributed by atoms with Crippen LogP contribution in [0.1, 0.15) is 31.1 Å². The second kappa shape index (κ2) is 6.29. The molecule has 0 N–H and O–H groups in total. The summed E-state index contributed by atoms with van der Waals surface area (Å²) in [6.45, 7) is 5.32. The quantitative estimate of drug-likeness (QED) is 0.788. The van der Waals surface area contributed by atoms with Crippen molar-refractivity contribution in [2.24, 2.45) is 0 Å². The van der Waals surface area contributed by atoms with Gasteiger partial charge in [-0.1, -0.05) is 6.07 Å². The highest BCUT2D eigenvalue weighted by atomic mass is 32.1. The molecule has 0 saturated heterocycles. The highest BCUT2D eigenvalue weighted by molar-refractivity contribution is 7.10. The molecular formula is C12H16N2OS. The monoisotopic (exact) mass is 236 g/mol. The van der Waals surface area contributed by atoms with Crippen molar-refractivity contribution >= 4 is 17.2 Å². The molecular weight excluding hydrogens is 220 g/mol. The average Bonchev–Trinajstić information content (AvgIpc) is 2.81. The molecule has 16 heavy (non-hydrogen) atoms. The van der Waals surface area contributed by atoms with Gasteiger partial charge in [0, 0.05) is 24.4 Å². The van der Waals surface area contributed by atoms with Gasteiger partial charge in [0.25, 0.3) is 0 Å². The molecule has 1 rings (SSSR count). The first-order valence-corrected chi connectivity index (χ1v) is 6.31. The predicted molar refractivity (Wildman–Crippen MR) is 65.2 cm³/mol. The molecule has 0 aliphatic rings. The lowest BCUT2D eigenvalue weighted by atomic mass is 10.0. The molecule has 0 radical (unpaired) electrons. The largest absolute Gasteiger partial charge is 0.343 e. The van der Waals surface area contributed by atoms with Crippen molar-refractivity contribution < 1.29 is 4.79 Å². The minimum Gasteiger partial charge on any atom is -0.343 e. The van der Waals surface area contributed by atoms with E-state index in [2.05, 4.69) is 6.07 Å². The van der Waals surface area contributed by atoms with E-state index in [0.717, 1.165) is 4.88 Å². The summed E-state index contributed by atoms with van der Waals surface area (Å²) < 4.78 is 0. The van der Waals surface area contributed by atoms with Gasteiger partial charge in [-0.15, -0.1) is 11.3 Å². The molecule has 1 atom stereocenters. The van der Waals surface area contributed by atoms with E-state index in [1.807, 2.05) is 31.4 Å². The van der Waals surface area contributed by atoms with E-state index >= 15 is 0 Å². The Morgan fingerprint density at radius 2 is 2.25 bits per heavy atom. The fourth-order valence-electron chi connectivity index (χ4n) is 1.58. The number of carbonyl (C=O) groups is 1. The molecule has 86 valence electrons. The fourth-order valence-corrected chi connectivity index (χ4v) is 2.35. The third-order valence-electron chi connectivity index (χ3n) is 2.54. The maximum absolute atomic E-state index is 11.8. The van der Waals surface area contributed by atoms with Crippen molar-refractivity contribution in [2.45, 2.75) is 26.2 Å². The van der Waals surface area contributed by atoms with Crippen molar-refractivity contribution in [1.82, 2.24) is 4.90 Å². The van der Waals surface area contributed by atoms with Crippen molar-refractivity contribution in [1.29, 1.82) is 5.26 Å². The zero-order chi connectivity index (χ0) is 12.0. The molecule has 0 aromatic carbocycles. The van der Waals surface area contributed by atoms with Crippen LogP contribution in [0.3, 0.4) is 0 Å². The lowest BCUT2D eigenvalue weighted by molar-refractivity contribution is -0.130. The van der Waals surface area contributed by atoms with Gasteiger partial charge in [0.15, 0.2) is 0 Å². The van der Waals surface area contributed by atoms with E-state index in [0.29, 0.717) is 19.5 Å². The number of thiophene rings is 1. The van der Waals surface area contributed by atoms with E-state index in [4.69, 9.17) is 5.26 Å². The Morgan fingerprint density at radius 3 is 2.69 bits per heavy atom. The van der Waals surface area contributed by atoms with Gasteiger partial charge in [0.05, 0.1) is 12.0 Å². The lowest BCUT2D eigenvalue weighted by Crippen LogP contribution is -2.31. The number of rotatable bonds is 5. The SMILES string of the molecule is CCN(CC)C(=O)CC(C#N)c1cccs1. The summed E-state index contributed by atoms with van der Waals surface area (Å²) in [5.74, 6) is -0.238. The third kappa shape index (κ3) is 3.07. The normalized spacial score (nSPS) is 11.8. The Balaban J connectivity index is 2.65. The van der Waals surface area contributed by atoms with E-state index in [1.54, 1.807) is 4.90 Å². The Labute approximate surface area is 100 Å². The van der Waals surface area contributed by atoms with Crippen LogP contribution >= 0.6 is 11.3 Å². The maximum atomic E-state index is 11.8. The van der Waals surface area contributed by atoms with Crippen LogP contribution in [0.5, 0.6) is 0 Å². The molecule has 0 spiro atoms. The zero-order valence-electron chi connectivity index (χ0n) is 9.64. The molecule has 4 heteroatoms. The second-order valence-electron chi connectivity index (χ2n) is 3.47. The van der Waals surface area contributed by atoms with Gasteiger partial charge < -0.3 is 4.90 Å². The topological polar surface area (TPSA) is 44.1 Å². The molecule has 0 fully saturated rings. The molecule has 1 aromatic heterocycles. The van der Waals surface area contributed by atoms with Crippen molar-refractivity contribution in [3.63, 3.8) is 0 Å². The van der Waals surface area contributed by atoms with Gasteiger partial charge in [-0.2, -0.15) is 5.26 Å². The predicted octanol–water partition coefficient (Wildman–Crippen LogP) is 2.61. The summed E-state index contributed by atoms with van der Waals surface area (Å²) in [5, 5.41) is 11.0. The van der Waals surface area contributed by atoms with Gasteiger partial charge >= 0.3 is 0 Å². The number of carbonyl (C=O) groups excluding carboxylic acids is 1. The Morgan fingerprint density at radius 1 is 1.56 bits per heavy atom. The minimum absolute atomic E-state index is 0.0601. The average molecular weight is 236 g/mol. The highest BCUT2D eigenvalue weighted by Crippen LogP contribution is 2.24. The summed E-state index contributed by atoms with van der Waals surface area (Å²) in [4.78, 5) is 14.6. The number of nitrogens with zero attached hydrogens (tertiary/aromatic N) is 2. The molecule has 0 saturated carbocycles. The highest BCUT2D eigenvalue weighted by Gasteiger charge is 2.19. The van der Waals surface area contributed by atoms with Gasteiger partial charge in [-0.25, -0.2) is 0 Å². The number of nitriles is 1. The van der Waals surface area contributed by atoms with Crippen molar-refractivity contribution in [2.75, 3.05) is 13.1 Å². The van der Waals surface area contributed by atoms with E-state index in [9.17, 15) is 4.79 Å². The first-order chi connectivity index (χ1) is 7.72. The maximum Gasteiger partial charge on any atom is 0.224 e. The van der Waals surface area contributed by atoms with Gasteiger partial charge in [-0.05, 0) is 25.3 Å². The summed E-state index contributed by atoms with van der Waals surface area (Å²) in [6, 6.07) is 6.02. The third-order valence-corrected chi connectivity index (χ3v) is 3.52. The first-order valence-electron chi connectivity index (χ1n) is 5.43. The van der Waals surface area contributed by atoms with E-state index < -0.39 is 0 Å². The summed E-state index contributed by atoms with van der Waals surface area (Å²) in [5.41, 5.74) is 0. The Kier molecular flexibility index (Phi) is 5.00. The number of hydrogen-bond acceptors (Lipinski definition) is 3. The Bertz CT molecular complexity index is 363. The van der Waals surface area contributed by atoms with Crippen LogP contribution in [0.4, 0.5) is 0 Å². The molecule has 0 aliphatic heterocycles. The number of hydrogen-bond donors (Lipinski definition) is 0. The molecule has 3 nitrogen and oxygen atoms in total. The number of amides is 1. The zero-order valence-corrected chi connectivity index (χ0v) is 10.5. The standard InChI is InChI=1S/C12H16N2OS/c1-3-14(4-2)12(15)8-10(9-13)11-6-5-7-16-11/h5-7,10H,3-4,8H2,1-2H3. The van der Waals surface area contributed by atoms with Crippen LogP contribution in [0.15, 0.2) is 17.5 Å². The first kappa shape index (κ1) is 12.7. The molecule has 0 bridgehead atoms. The van der Waals surface area contributed by atoms with Crippen LogP contribution < -0.4 is 0 Å². The van der Waals surface area contributed by atoms with Crippen LogP contribution in [0.2, 0.25) is 0 Å². The molecule has 1 amide bonds. The smallest absolute Gasteiger partial charge is 0.224 e. The van der Waals surface area contributed by atoms with E-state index in [-0.39, 0.29) is 11.8 Å². The van der Waals surface area contributed by atoms with Crippen molar-refractivity contribution in [3.05, 3.63) is 22.4 Å². The van der Waals surface area contributed by atoms with Crippen LogP contribution in [0, 0.1) is 11.3 Å². The Hall–Kier alpha value is -1.34. The van der Waals surface area contributed by atoms with Crippen LogP contribution in [-0.4, -0.2) is 23.9 Å². The molecule has 1 unspecified atom stereocenters. The lowest BCUT2D eigenvalue weighted by Gasteiger charge is -2.19. The summed E-state index contributed by atoms with van der Waals surface area (Å²) in [7, 11) is 0. The van der Waals surface area contributed by atoms with Crippen LogP contribution in [-0.2, 0) is 4.79 Å². The molecule has 1 heterocycles. The minimum atomic E-state index is -0.298. The van der Waals surface area contributed by atoms with Gasteiger partial charge in [0.1, 0.15) is 0 Å². The molecule has 1 aromatic rings. The summed E-state index contributed by atoms with van der Waals surface area (Å²) >= 11 is 1.53. The van der Waals surface area contributed by atoms with Gasteiger partial charge in [0.2, 0.25) is 5.91 Å². The second-order valence-corrected chi connectivity index (χ2v) is 4.45. The van der Waals surface area contributed by atoms with Crippen molar-refractivity contribution in [3.8, 4) is 6.07 Å². The summed E-state index contributed by atoms with van der Waals surface area (Å²) in [6.07, 6.45) is 0.290. The fraction of sp³-hybridized carbons (Fsp3) is 0.500. The molecule has 0 aliphatic carbocycles. The van der Waals surface area contributed by atoms with E-state index in [1.165, 1.54) is 11.3 Å². The van der Waals surface area contributed by atoms with Crippen LogP contribution in [0.25, 0.3) is 0 Å².